The van der Waals surface area contributed by atoms with Crippen molar-refractivity contribution in [2.24, 2.45) is 0 Å². The molecule has 2 aromatic heterocycles. The van der Waals surface area contributed by atoms with Crippen LogP contribution in [0.25, 0.3) is 0 Å². The molecule has 3 N–H and O–H groups in total. The number of methoxy groups -OCH3 is 1. The number of pyridine rings is 1. The molecule has 0 saturated carbocycles. The van der Waals surface area contributed by atoms with E-state index in [4.69, 9.17) is 15.6 Å². The molecule has 2 aromatic rings. The van der Waals surface area contributed by atoms with Gasteiger partial charge in [0, 0.05) is 23.5 Å². The Kier molecular flexibility index (Phi) is 3.60. The van der Waals surface area contributed by atoms with Crippen molar-refractivity contribution in [3.63, 3.8) is 0 Å². The van der Waals surface area contributed by atoms with E-state index < -0.39 is 5.97 Å². The van der Waals surface area contributed by atoms with Crippen molar-refractivity contribution in [2.45, 2.75) is 20.4 Å². The molecule has 7 heteroatoms. The first kappa shape index (κ1) is 13.9. The molecule has 106 valence electrons. The molecule has 0 aliphatic rings. The maximum Gasteiger partial charge on any atom is 0.358 e. The van der Waals surface area contributed by atoms with Crippen molar-refractivity contribution in [3.8, 4) is 5.75 Å². The quantitative estimate of drug-likeness (QED) is 0.870. The Morgan fingerprint density at radius 2 is 2.20 bits per heavy atom. The Morgan fingerprint density at radius 1 is 1.50 bits per heavy atom. The molecule has 2 rings (SSSR count). The van der Waals surface area contributed by atoms with Crippen molar-refractivity contribution in [3.05, 3.63) is 34.9 Å². The van der Waals surface area contributed by atoms with Crippen LogP contribution in [-0.4, -0.2) is 33.0 Å². The second kappa shape index (κ2) is 5.20. The number of nitrogens with two attached hydrogens (primary N) is 1. The van der Waals surface area contributed by atoms with Crippen molar-refractivity contribution in [2.75, 3.05) is 12.8 Å². The summed E-state index contributed by atoms with van der Waals surface area (Å²) in [5.74, 6) is -0.374. The first-order valence-electron chi connectivity index (χ1n) is 5.99. The van der Waals surface area contributed by atoms with E-state index in [1.807, 2.05) is 13.8 Å². The van der Waals surface area contributed by atoms with Crippen molar-refractivity contribution in [1.82, 2.24) is 14.8 Å². The van der Waals surface area contributed by atoms with E-state index in [1.165, 1.54) is 10.9 Å². The minimum atomic E-state index is -1.15. The number of carbonyl (C=O) groups is 1. The molecule has 20 heavy (non-hydrogen) atoms. The van der Waals surface area contributed by atoms with Gasteiger partial charge in [-0.3, -0.25) is 9.67 Å². The summed E-state index contributed by atoms with van der Waals surface area (Å²) < 4.78 is 6.79. The summed E-state index contributed by atoms with van der Waals surface area (Å²) in [6.07, 6.45) is 3.20. The predicted octanol–water partition coefficient (Wildman–Crippen LogP) is 1.23. The predicted molar refractivity (Wildman–Crippen MR) is 73.0 cm³/mol. The van der Waals surface area contributed by atoms with Gasteiger partial charge in [0.1, 0.15) is 5.75 Å². The third-order valence-corrected chi connectivity index (χ3v) is 3.05. The van der Waals surface area contributed by atoms with Gasteiger partial charge in [0.05, 0.1) is 25.0 Å². The second-order valence-electron chi connectivity index (χ2n) is 4.48. The van der Waals surface area contributed by atoms with E-state index in [-0.39, 0.29) is 11.4 Å². The molecular formula is C13H16N4O3. The molecule has 0 atom stereocenters. The topological polar surface area (TPSA) is 103 Å². The molecule has 7 nitrogen and oxygen atoms in total. The number of carboxylic acids is 1. The van der Waals surface area contributed by atoms with E-state index in [9.17, 15) is 4.79 Å². The third kappa shape index (κ3) is 2.42. The summed E-state index contributed by atoms with van der Waals surface area (Å²) in [4.78, 5) is 15.2. The van der Waals surface area contributed by atoms with Gasteiger partial charge < -0.3 is 15.6 Å². The number of ether oxygens (including phenoxy) is 1. The van der Waals surface area contributed by atoms with Crippen molar-refractivity contribution < 1.29 is 14.6 Å². The Hall–Kier alpha value is -2.57. The van der Waals surface area contributed by atoms with Crippen LogP contribution in [0.3, 0.4) is 0 Å². The average molecular weight is 276 g/mol. The summed E-state index contributed by atoms with van der Waals surface area (Å²) >= 11 is 0. The van der Waals surface area contributed by atoms with E-state index in [0.717, 1.165) is 22.6 Å². The molecule has 0 aromatic carbocycles. The van der Waals surface area contributed by atoms with Gasteiger partial charge in [-0.15, -0.1) is 0 Å². The molecule has 0 radical (unpaired) electrons. The van der Waals surface area contributed by atoms with E-state index in [1.54, 1.807) is 13.3 Å². The summed E-state index contributed by atoms with van der Waals surface area (Å²) in [6, 6.07) is 0. The Morgan fingerprint density at radius 3 is 2.75 bits per heavy atom. The summed E-state index contributed by atoms with van der Waals surface area (Å²) in [5.41, 5.74) is 8.19. The van der Waals surface area contributed by atoms with Crippen molar-refractivity contribution >= 4 is 11.7 Å². The second-order valence-corrected chi connectivity index (χ2v) is 4.48. The first-order valence-corrected chi connectivity index (χ1v) is 5.99. The van der Waals surface area contributed by atoms with Crippen LogP contribution in [0.15, 0.2) is 12.4 Å². The normalized spacial score (nSPS) is 10.6. The minimum Gasteiger partial charge on any atom is -0.496 e. The molecular weight excluding hydrogens is 260 g/mol. The zero-order chi connectivity index (χ0) is 14.9. The van der Waals surface area contributed by atoms with Gasteiger partial charge in [-0.2, -0.15) is 5.10 Å². The fourth-order valence-electron chi connectivity index (χ4n) is 2.07. The van der Waals surface area contributed by atoms with Gasteiger partial charge in [-0.25, -0.2) is 4.79 Å². The van der Waals surface area contributed by atoms with Crippen LogP contribution < -0.4 is 10.5 Å². The highest BCUT2D eigenvalue weighted by Crippen LogP contribution is 2.24. The summed E-state index contributed by atoms with van der Waals surface area (Å²) in [5, 5.41) is 12.9. The van der Waals surface area contributed by atoms with Crippen LogP contribution in [0.5, 0.6) is 5.75 Å². The number of hydrogen-bond acceptors (Lipinski definition) is 5. The zero-order valence-corrected chi connectivity index (χ0v) is 11.5. The number of anilines is 1. The monoisotopic (exact) mass is 276 g/mol. The van der Waals surface area contributed by atoms with Crippen LogP contribution >= 0.6 is 0 Å². The smallest absolute Gasteiger partial charge is 0.358 e. The van der Waals surface area contributed by atoms with E-state index in [2.05, 4.69) is 10.1 Å². The Labute approximate surface area is 116 Å². The van der Waals surface area contributed by atoms with Crippen LogP contribution in [0.4, 0.5) is 5.69 Å². The number of hydrogen-bond donors (Lipinski definition) is 2. The molecule has 0 unspecified atom stereocenters. The molecule has 0 spiro atoms. The number of rotatable bonds is 4. The van der Waals surface area contributed by atoms with Gasteiger partial charge in [-0.05, 0) is 13.8 Å². The average Bonchev–Trinajstić information content (AvgIpc) is 2.75. The van der Waals surface area contributed by atoms with Gasteiger partial charge in [0.2, 0.25) is 0 Å². The lowest BCUT2D eigenvalue weighted by atomic mass is 10.1. The highest BCUT2D eigenvalue weighted by molar-refractivity contribution is 5.91. The minimum absolute atomic E-state index is 0.134. The molecule has 0 bridgehead atoms. The fraction of sp³-hybridized carbons (Fsp3) is 0.308. The SMILES string of the molecule is COc1c(C)cnc(Cn2cc(N)c(C(=O)O)n2)c1C. The van der Waals surface area contributed by atoms with Gasteiger partial charge in [-0.1, -0.05) is 0 Å². The highest BCUT2D eigenvalue weighted by atomic mass is 16.5. The lowest BCUT2D eigenvalue weighted by molar-refractivity contribution is 0.0690. The molecule has 0 amide bonds. The van der Waals surface area contributed by atoms with Crippen LogP contribution in [-0.2, 0) is 6.54 Å². The zero-order valence-electron chi connectivity index (χ0n) is 11.5. The highest BCUT2D eigenvalue weighted by Gasteiger charge is 2.15. The number of nitrogen functional groups attached to an aromatic ring is 1. The van der Waals surface area contributed by atoms with Crippen molar-refractivity contribution in [1.29, 1.82) is 0 Å². The van der Waals surface area contributed by atoms with Gasteiger partial charge in [0.15, 0.2) is 5.69 Å². The van der Waals surface area contributed by atoms with Crippen LogP contribution in [0.2, 0.25) is 0 Å². The van der Waals surface area contributed by atoms with Gasteiger partial charge in [0.25, 0.3) is 0 Å². The summed E-state index contributed by atoms with van der Waals surface area (Å²) in [7, 11) is 1.60. The molecule has 0 saturated heterocycles. The third-order valence-electron chi connectivity index (χ3n) is 3.05. The molecule has 0 aliphatic carbocycles. The van der Waals surface area contributed by atoms with Crippen LogP contribution in [0.1, 0.15) is 27.3 Å². The van der Waals surface area contributed by atoms with Crippen LogP contribution in [0, 0.1) is 13.8 Å². The number of aromatic carboxylic acids is 1. The lowest BCUT2D eigenvalue weighted by Gasteiger charge is -2.12. The maximum absolute atomic E-state index is 10.9. The largest absolute Gasteiger partial charge is 0.496 e. The lowest BCUT2D eigenvalue weighted by Crippen LogP contribution is -2.08. The maximum atomic E-state index is 10.9. The standard InChI is InChI=1S/C13H16N4O3/c1-7-4-15-10(8(2)12(7)20-3)6-17-5-9(14)11(16-17)13(18)19/h4-5H,6,14H2,1-3H3,(H,18,19). The number of aromatic nitrogens is 3. The molecule has 0 fully saturated rings. The first-order chi connectivity index (χ1) is 9.43. The summed E-state index contributed by atoms with van der Waals surface area (Å²) in [6.45, 7) is 4.15. The number of nitrogens with zero attached hydrogens (tertiary/aromatic N) is 3. The Balaban J connectivity index is 2.35. The van der Waals surface area contributed by atoms with E-state index in [0.29, 0.717) is 6.54 Å². The Bertz CT molecular complexity index is 664. The molecule has 0 aliphatic heterocycles. The van der Waals surface area contributed by atoms with Gasteiger partial charge >= 0.3 is 5.97 Å². The number of carboxylic acid groups (broad SMARTS) is 1. The fourth-order valence-corrected chi connectivity index (χ4v) is 2.07. The van der Waals surface area contributed by atoms with E-state index >= 15 is 0 Å². The molecule has 2 heterocycles. The number of aryl methyl sites for hydroxylation is 1.